The number of thioether (sulfide) groups is 1. The molecular formula is C15H11F3IN3O2S. The molecule has 0 aliphatic carbocycles. The topological polar surface area (TPSA) is 47.4 Å². The molecule has 25 heavy (non-hydrogen) atoms. The van der Waals surface area contributed by atoms with Gasteiger partial charge in [-0.15, -0.1) is 0 Å². The summed E-state index contributed by atoms with van der Waals surface area (Å²) in [7, 11) is 0. The first-order valence-corrected chi connectivity index (χ1v) is 9.46. The number of rotatable bonds is 2. The number of ether oxygens (including phenoxy) is 1. The van der Waals surface area contributed by atoms with Crippen LogP contribution in [0.5, 0.6) is 5.75 Å². The maximum atomic E-state index is 14.4. The van der Waals surface area contributed by atoms with Crippen LogP contribution < -0.4 is 9.64 Å². The van der Waals surface area contributed by atoms with E-state index in [0.717, 1.165) is 16.7 Å². The zero-order valence-corrected chi connectivity index (χ0v) is 15.6. The van der Waals surface area contributed by atoms with Gasteiger partial charge in [0.05, 0.1) is 15.7 Å². The number of nitrogens with zero attached hydrogens (tertiary/aromatic N) is 3. The number of anilines is 1. The van der Waals surface area contributed by atoms with Crippen LogP contribution in [0.25, 0.3) is 11.4 Å². The van der Waals surface area contributed by atoms with Crippen LogP contribution in [0.2, 0.25) is 0 Å². The molecule has 0 spiro atoms. The summed E-state index contributed by atoms with van der Waals surface area (Å²) in [4.78, 5) is 17.4. The van der Waals surface area contributed by atoms with E-state index in [1.807, 2.05) is 22.6 Å². The molecule has 132 valence electrons. The van der Waals surface area contributed by atoms with Crippen molar-refractivity contribution in [2.24, 2.45) is 0 Å². The molecule has 0 N–H and O–H groups in total. The quantitative estimate of drug-likeness (QED) is 0.609. The van der Waals surface area contributed by atoms with Crippen molar-refractivity contribution in [3.63, 3.8) is 0 Å². The minimum atomic E-state index is -2.66. The molecule has 4 rings (SSSR count). The summed E-state index contributed by atoms with van der Waals surface area (Å²) in [6, 6.07) is 2.07. The second kappa shape index (κ2) is 6.38. The van der Waals surface area contributed by atoms with Crippen molar-refractivity contribution < 1.29 is 22.7 Å². The number of hydrogen-bond donors (Lipinski definition) is 0. The smallest absolute Gasteiger partial charge is 0.287 e. The Morgan fingerprint density at radius 1 is 1.40 bits per heavy atom. The van der Waals surface area contributed by atoms with Crippen molar-refractivity contribution in [2.45, 2.75) is 19.0 Å². The van der Waals surface area contributed by atoms with Gasteiger partial charge >= 0.3 is 0 Å². The molecule has 2 aromatic rings. The average Bonchev–Trinajstić information content (AvgIpc) is 3.11. The number of fused-ring (bicyclic) bond motifs is 3. The van der Waals surface area contributed by atoms with E-state index in [1.165, 1.54) is 0 Å². The Kier molecular flexibility index (Phi) is 4.34. The Morgan fingerprint density at radius 3 is 2.96 bits per heavy atom. The van der Waals surface area contributed by atoms with Gasteiger partial charge in [0.2, 0.25) is 0 Å². The summed E-state index contributed by atoms with van der Waals surface area (Å²) in [5, 5.41) is -0.455. The van der Waals surface area contributed by atoms with E-state index in [4.69, 9.17) is 4.74 Å². The standard InChI is InChI=1S/C15H11F3IN3O2S/c16-11-8(19)2-1-7-12(11)24-4-3-21-5-10(20-14(7)21)22-9(13(17)18)6-25-15(22)23/h1-2,5,9,13H,3-4,6H2/t9-/m0/s1. The highest BCUT2D eigenvalue weighted by molar-refractivity contribution is 14.1. The molecule has 1 aromatic carbocycles. The molecule has 2 aliphatic heterocycles. The summed E-state index contributed by atoms with van der Waals surface area (Å²) in [5.41, 5.74) is 0.439. The number of halogens is 4. The van der Waals surface area contributed by atoms with Gasteiger partial charge < -0.3 is 9.30 Å². The van der Waals surface area contributed by atoms with E-state index < -0.39 is 23.5 Å². The predicted molar refractivity (Wildman–Crippen MR) is 96.0 cm³/mol. The minimum absolute atomic E-state index is 0.0191. The summed E-state index contributed by atoms with van der Waals surface area (Å²) >= 11 is 2.72. The Morgan fingerprint density at radius 2 is 2.20 bits per heavy atom. The van der Waals surface area contributed by atoms with Crippen molar-refractivity contribution in [3.05, 3.63) is 27.7 Å². The molecule has 10 heteroatoms. The van der Waals surface area contributed by atoms with Gasteiger partial charge in [-0.2, -0.15) is 0 Å². The fourth-order valence-electron chi connectivity index (χ4n) is 2.88. The fourth-order valence-corrected chi connectivity index (χ4v) is 4.28. The molecular weight excluding hydrogens is 470 g/mol. The van der Waals surface area contributed by atoms with E-state index >= 15 is 0 Å². The highest BCUT2D eigenvalue weighted by Crippen LogP contribution is 2.39. The van der Waals surface area contributed by atoms with Gasteiger partial charge in [0.25, 0.3) is 11.7 Å². The molecule has 5 nitrogen and oxygen atoms in total. The molecule has 1 atom stereocenters. The maximum Gasteiger partial charge on any atom is 0.287 e. The van der Waals surface area contributed by atoms with Crippen LogP contribution >= 0.6 is 34.4 Å². The SMILES string of the molecule is O=C1SC[C@@H](C(F)F)N1c1cn2c(n1)-c1ccc(I)c(F)c1OCC2. The molecule has 1 amide bonds. The Bertz CT molecular complexity index is 861. The number of carbonyl (C=O) groups is 1. The first-order chi connectivity index (χ1) is 12.0. The largest absolute Gasteiger partial charge is 0.488 e. The number of amides is 1. The van der Waals surface area contributed by atoms with Crippen LogP contribution in [-0.2, 0) is 6.54 Å². The highest BCUT2D eigenvalue weighted by atomic mass is 127. The first kappa shape index (κ1) is 17.0. The summed E-state index contributed by atoms with van der Waals surface area (Å²) in [5.74, 6) is 0.188. The van der Waals surface area contributed by atoms with E-state index in [-0.39, 0.29) is 23.9 Å². The lowest BCUT2D eigenvalue weighted by Gasteiger charge is -2.20. The van der Waals surface area contributed by atoms with E-state index in [2.05, 4.69) is 4.98 Å². The van der Waals surface area contributed by atoms with Crippen LogP contribution in [0, 0.1) is 9.39 Å². The normalized spacial score (nSPS) is 19.6. The zero-order chi connectivity index (χ0) is 17.7. The van der Waals surface area contributed by atoms with Crippen LogP contribution in [0.3, 0.4) is 0 Å². The molecule has 2 aliphatic rings. The number of imidazole rings is 1. The first-order valence-electron chi connectivity index (χ1n) is 7.40. The fraction of sp³-hybridized carbons (Fsp3) is 0.333. The highest BCUT2D eigenvalue weighted by Gasteiger charge is 2.40. The Hall–Kier alpha value is -1.43. The molecule has 1 fully saturated rings. The van der Waals surface area contributed by atoms with Crippen LogP contribution in [0.1, 0.15) is 0 Å². The average molecular weight is 481 g/mol. The van der Waals surface area contributed by atoms with Crippen LogP contribution in [0.15, 0.2) is 18.3 Å². The molecule has 0 saturated carbocycles. The van der Waals surface area contributed by atoms with Gasteiger partial charge in [0.1, 0.15) is 18.5 Å². The van der Waals surface area contributed by atoms with Crippen molar-refractivity contribution in [2.75, 3.05) is 17.3 Å². The van der Waals surface area contributed by atoms with Gasteiger partial charge in [-0.3, -0.25) is 9.69 Å². The molecule has 1 aromatic heterocycles. The van der Waals surface area contributed by atoms with Gasteiger partial charge in [-0.25, -0.2) is 18.2 Å². The van der Waals surface area contributed by atoms with E-state index in [9.17, 15) is 18.0 Å². The Labute approximate surface area is 158 Å². The zero-order valence-electron chi connectivity index (χ0n) is 12.6. The third-order valence-electron chi connectivity index (χ3n) is 4.08. The van der Waals surface area contributed by atoms with Crippen molar-refractivity contribution in [1.82, 2.24) is 9.55 Å². The van der Waals surface area contributed by atoms with Gasteiger partial charge in [-0.1, -0.05) is 11.8 Å². The third kappa shape index (κ3) is 2.78. The lowest BCUT2D eigenvalue weighted by molar-refractivity contribution is 0.124. The third-order valence-corrected chi connectivity index (χ3v) is 5.86. The summed E-state index contributed by atoms with van der Waals surface area (Å²) in [6.07, 6.45) is -1.11. The van der Waals surface area contributed by atoms with E-state index in [1.54, 1.807) is 22.9 Å². The van der Waals surface area contributed by atoms with Crippen LogP contribution in [-0.4, -0.2) is 39.6 Å². The van der Waals surface area contributed by atoms with Crippen LogP contribution in [0.4, 0.5) is 23.8 Å². The van der Waals surface area contributed by atoms with Crippen molar-refractivity contribution in [1.29, 1.82) is 0 Å². The number of aromatic nitrogens is 2. The number of alkyl halides is 2. The van der Waals surface area contributed by atoms with Gasteiger partial charge in [-0.05, 0) is 34.7 Å². The minimum Gasteiger partial charge on any atom is -0.488 e. The lowest BCUT2D eigenvalue weighted by Crippen LogP contribution is -2.38. The molecule has 0 radical (unpaired) electrons. The Balaban J connectivity index is 1.82. The number of carbonyl (C=O) groups excluding carboxylic acids is 1. The van der Waals surface area contributed by atoms with Crippen molar-refractivity contribution >= 4 is 45.4 Å². The molecule has 0 bridgehead atoms. The molecule has 0 unspecified atom stereocenters. The molecule has 3 heterocycles. The summed E-state index contributed by atoms with van der Waals surface area (Å²) < 4.78 is 48.4. The monoisotopic (exact) mass is 481 g/mol. The summed E-state index contributed by atoms with van der Waals surface area (Å²) in [6.45, 7) is 0.593. The predicted octanol–water partition coefficient (Wildman–Crippen LogP) is 3.99. The second-order valence-electron chi connectivity index (χ2n) is 5.55. The van der Waals surface area contributed by atoms with Crippen molar-refractivity contribution in [3.8, 4) is 17.1 Å². The second-order valence-corrected chi connectivity index (χ2v) is 7.68. The number of benzene rings is 1. The van der Waals surface area contributed by atoms with E-state index in [0.29, 0.717) is 21.5 Å². The molecule has 1 saturated heterocycles. The number of hydrogen-bond acceptors (Lipinski definition) is 4. The lowest BCUT2D eigenvalue weighted by atomic mass is 10.2. The van der Waals surface area contributed by atoms with Gasteiger partial charge in [0.15, 0.2) is 17.4 Å². The maximum absolute atomic E-state index is 14.4. The van der Waals surface area contributed by atoms with Gasteiger partial charge in [0, 0.05) is 11.9 Å².